The van der Waals surface area contributed by atoms with E-state index in [1.165, 1.54) is 55.5 Å². The van der Waals surface area contributed by atoms with Crippen LogP contribution < -0.4 is 0 Å². The average molecular weight is 349 g/mol. The molecular formula is C19H22Cl2N2. The minimum atomic E-state index is 0.0450. The maximum Gasteiger partial charge on any atom is 0.0598 e. The number of rotatable bonds is 2. The molecule has 1 aromatic carbocycles. The Morgan fingerprint density at radius 1 is 0.913 bits per heavy atom. The zero-order valence-corrected chi connectivity index (χ0v) is 14.8. The Kier molecular flexibility index (Phi) is 4.23. The number of benzene rings is 1. The lowest BCUT2D eigenvalue weighted by Gasteiger charge is -2.44. The average Bonchev–Trinajstić information content (AvgIpc) is 2.84. The molecule has 23 heavy (non-hydrogen) atoms. The highest BCUT2D eigenvalue weighted by Crippen LogP contribution is 2.49. The van der Waals surface area contributed by atoms with E-state index in [9.17, 15) is 0 Å². The fourth-order valence-corrected chi connectivity index (χ4v) is 4.70. The van der Waals surface area contributed by atoms with Gasteiger partial charge in [-0.2, -0.15) is 10.2 Å². The van der Waals surface area contributed by atoms with E-state index < -0.39 is 0 Å². The summed E-state index contributed by atoms with van der Waals surface area (Å²) in [5, 5.41) is 10.6. The van der Waals surface area contributed by atoms with E-state index >= 15 is 0 Å². The van der Waals surface area contributed by atoms with Crippen LogP contribution in [0.4, 0.5) is 0 Å². The van der Waals surface area contributed by atoms with Crippen LogP contribution in [0.2, 0.25) is 10.0 Å². The number of fused-ring (bicyclic) bond motifs is 1. The fraction of sp³-hybridized carbons (Fsp3) is 0.579. The van der Waals surface area contributed by atoms with E-state index in [4.69, 9.17) is 28.3 Å². The quantitative estimate of drug-likeness (QED) is 0.608. The number of hydrogen-bond acceptors (Lipinski definition) is 2. The van der Waals surface area contributed by atoms with Gasteiger partial charge in [-0.3, -0.25) is 0 Å². The van der Waals surface area contributed by atoms with Crippen molar-refractivity contribution in [3.63, 3.8) is 0 Å². The molecule has 4 rings (SSSR count). The molecule has 2 fully saturated rings. The maximum absolute atomic E-state index is 6.29. The smallest absolute Gasteiger partial charge is 0.0598 e. The van der Waals surface area contributed by atoms with Gasteiger partial charge >= 0.3 is 0 Å². The molecule has 2 aliphatic carbocycles. The van der Waals surface area contributed by atoms with Crippen LogP contribution in [0.5, 0.6) is 0 Å². The van der Waals surface area contributed by atoms with Gasteiger partial charge < -0.3 is 0 Å². The molecule has 1 aromatic rings. The Morgan fingerprint density at radius 3 is 2.48 bits per heavy atom. The van der Waals surface area contributed by atoms with Crippen LogP contribution in [0, 0.1) is 5.92 Å². The Bertz CT molecular complexity index is 674. The van der Waals surface area contributed by atoms with Crippen molar-refractivity contribution in [1.82, 2.24) is 0 Å². The van der Waals surface area contributed by atoms with Crippen LogP contribution in [0.1, 0.15) is 63.4 Å². The van der Waals surface area contributed by atoms with Crippen molar-refractivity contribution in [1.29, 1.82) is 0 Å². The number of nitrogens with zero attached hydrogens (tertiary/aromatic N) is 2. The Labute approximate surface area is 148 Å². The summed E-state index contributed by atoms with van der Waals surface area (Å²) in [4.78, 5) is 0. The minimum absolute atomic E-state index is 0.0450. The van der Waals surface area contributed by atoms with E-state index in [-0.39, 0.29) is 5.41 Å². The first-order valence-electron chi connectivity index (χ1n) is 8.81. The largest absolute Gasteiger partial charge is 0.159 e. The van der Waals surface area contributed by atoms with Gasteiger partial charge in [0.05, 0.1) is 15.8 Å². The van der Waals surface area contributed by atoms with E-state index in [2.05, 4.69) is 11.2 Å². The van der Waals surface area contributed by atoms with E-state index in [1.54, 1.807) is 0 Å². The van der Waals surface area contributed by atoms with Crippen LogP contribution in [0.15, 0.2) is 28.4 Å². The summed E-state index contributed by atoms with van der Waals surface area (Å²) < 4.78 is 0. The van der Waals surface area contributed by atoms with Crippen molar-refractivity contribution < 1.29 is 0 Å². The van der Waals surface area contributed by atoms with Gasteiger partial charge in [0.1, 0.15) is 0 Å². The molecule has 1 unspecified atom stereocenters. The van der Waals surface area contributed by atoms with Crippen LogP contribution in [0.25, 0.3) is 0 Å². The number of halogens is 2. The molecule has 2 nitrogen and oxygen atoms in total. The topological polar surface area (TPSA) is 24.7 Å². The summed E-state index contributed by atoms with van der Waals surface area (Å²) >= 11 is 12.4. The first-order valence-corrected chi connectivity index (χ1v) is 9.57. The van der Waals surface area contributed by atoms with Gasteiger partial charge in [0.2, 0.25) is 0 Å². The van der Waals surface area contributed by atoms with Gasteiger partial charge in [-0.25, -0.2) is 0 Å². The summed E-state index contributed by atoms with van der Waals surface area (Å²) in [5.41, 5.74) is 3.95. The first kappa shape index (κ1) is 15.7. The molecule has 1 atom stereocenters. The highest BCUT2D eigenvalue weighted by Gasteiger charge is 2.48. The molecule has 4 heteroatoms. The van der Waals surface area contributed by atoms with Gasteiger partial charge in [0.15, 0.2) is 0 Å². The van der Waals surface area contributed by atoms with Gasteiger partial charge in [0, 0.05) is 17.0 Å². The lowest BCUT2D eigenvalue weighted by atomic mass is 9.58. The van der Waals surface area contributed by atoms with Gasteiger partial charge in [-0.05, 0) is 49.8 Å². The molecular weight excluding hydrogens is 327 g/mol. The second-order valence-corrected chi connectivity index (χ2v) is 7.96. The van der Waals surface area contributed by atoms with Crippen LogP contribution in [-0.4, -0.2) is 11.4 Å². The molecule has 0 spiro atoms. The maximum atomic E-state index is 6.29. The lowest BCUT2D eigenvalue weighted by Crippen LogP contribution is -2.46. The molecule has 122 valence electrons. The summed E-state index contributed by atoms with van der Waals surface area (Å²) in [6.45, 7) is 0. The molecule has 1 heterocycles. The third kappa shape index (κ3) is 2.64. The Morgan fingerprint density at radius 2 is 1.74 bits per heavy atom. The molecule has 2 saturated carbocycles. The van der Waals surface area contributed by atoms with Crippen LogP contribution in [-0.2, 0) is 5.41 Å². The van der Waals surface area contributed by atoms with Gasteiger partial charge in [-0.1, -0.05) is 55.0 Å². The summed E-state index contributed by atoms with van der Waals surface area (Å²) in [7, 11) is 0. The highest BCUT2D eigenvalue weighted by molar-refractivity contribution is 6.42. The second-order valence-electron chi connectivity index (χ2n) is 7.15. The van der Waals surface area contributed by atoms with Crippen molar-refractivity contribution in [2.24, 2.45) is 16.1 Å². The Balaban J connectivity index is 1.68. The molecule has 1 aliphatic heterocycles. The minimum Gasteiger partial charge on any atom is -0.159 e. The summed E-state index contributed by atoms with van der Waals surface area (Å²) in [6.07, 6.45) is 11.1. The van der Waals surface area contributed by atoms with E-state index in [1.807, 2.05) is 12.1 Å². The number of hydrogen-bond donors (Lipinski definition) is 0. The third-order valence-corrected chi connectivity index (χ3v) is 6.60. The molecule has 0 radical (unpaired) electrons. The predicted molar refractivity (Wildman–Crippen MR) is 98.1 cm³/mol. The molecule has 0 N–H and O–H groups in total. The molecule has 0 bridgehead atoms. The predicted octanol–water partition coefficient (Wildman–Crippen LogP) is 6.20. The molecule has 0 saturated heterocycles. The molecule has 0 aromatic heterocycles. The first-order chi connectivity index (χ1) is 11.2. The fourth-order valence-electron chi connectivity index (χ4n) is 4.40. The monoisotopic (exact) mass is 348 g/mol. The molecule has 3 aliphatic rings. The van der Waals surface area contributed by atoms with Crippen LogP contribution in [0.3, 0.4) is 0 Å². The van der Waals surface area contributed by atoms with Gasteiger partial charge in [-0.15, -0.1) is 0 Å². The van der Waals surface area contributed by atoms with Crippen molar-refractivity contribution in [3.8, 4) is 0 Å². The Hall–Kier alpha value is -0.860. The van der Waals surface area contributed by atoms with E-state index in [0.29, 0.717) is 16.0 Å². The summed E-state index contributed by atoms with van der Waals surface area (Å²) in [5.74, 6) is 0.463. The zero-order valence-electron chi connectivity index (χ0n) is 13.3. The lowest BCUT2D eigenvalue weighted by molar-refractivity contribution is 0.331. The van der Waals surface area contributed by atoms with Crippen molar-refractivity contribution >= 4 is 34.6 Å². The zero-order chi connectivity index (χ0) is 15.9. The second kappa shape index (κ2) is 6.22. The normalized spacial score (nSPS) is 26.4. The SMILES string of the molecule is Clc1ccc(C2(C3=NN=C4CCCCCCC43)CCC2)cc1Cl. The van der Waals surface area contributed by atoms with Crippen molar-refractivity contribution in [3.05, 3.63) is 33.8 Å². The van der Waals surface area contributed by atoms with Crippen molar-refractivity contribution in [2.75, 3.05) is 0 Å². The van der Waals surface area contributed by atoms with Crippen molar-refractivity contribution in [2.45, 2.75) is 63.2 Å². The molecule has 0 amide bonds. The highest BCUT2D eigenvalue weighted by atomic mass is 35.5. The van der Waals surface area contributed by atoms with Gasteiger partial charge in [0.25, 0.3) is 0 Å². The standard InChI is InChI=1S/C19H22Cl2N2/c20-15-9-8-13(12-16(15)21)19(10-5-11-19)18-14-6-3-1-2-4-7-17(14)22-23-18/h8-9,12,14H,1-7,10-11H2. The van der Waals surface area contributed by atoms with E-state index in [0.717, 1.165) is 19.3 Å². The summed E-state index contributed by atoms with van der Waals surface area (Å²) in [6, 6.07) is 6.11. The van der Waals surface area contributed by atoms with Crippen LogP contribution >= 0.6 is 23.2 Å². The third-order valence-electron chi connectivity index (χ3n) is 5.86.